The second kappa shape index (κ2) is 7.57. The molecule has 1 aromatic carbocycles. The van der Waals surface area contributed by atoms with Crippen LogP contribution in [0.1, 0.15) is 12.0 Å². The highest BCUT2D eigenvalue weighted by molar-refractivity contribution is 7.98. The molecular weight excluding hydrogens is 288 g/mol. The van der Waals surface area contributed by atoms with Gasteiger partial charge >= 0.3 is 0 Å². The quantitative estimate of drug-likeness (QED) is 0.598. The first kappa shape index (κ1) is 16.1. The van der Waals surface area contributed by atoms with Crippen molar-refractivity contribution in [2.75, 3.05) is 23.9 Å². The van der Waals surface area contributed by atoms with Gasteiger partial charge in [0, 0.05) is 30.0 Å². The summed E-state index contributed by atoms with van der Waals surface area (Å²) in [7, 11) is 0. The summed E-state index contributed by atoms with van der Waals surface area (Å²) in [5, 5.41) is 23.4. The van der Waals surface area contributed by atoms with Crippen LogP contribution in [0.4, 0.5) is 11.4 Å². The Balaban J connectivity index is 2.94. The number of benzene rings is 1. The van der Waals surface area contributed by atoms with Gasteiger partial charge in [0.05, 0.1) is 15.6 Å². The van der Waals surface area contributed by atoms with Crippen molar-refractivity contribution < 1.29 is 10.0 Å². The second-order valence-electron chi connectivity index (χ2n) is 4.18. The van der Waals surface area contributed by atoms with Gasteiger partial charge in [-0.15, -0.1) is 0 Å². The molecule has 0 bridgehead atoms. The van der Waals surface area contributed by atoms with E-state index in [1.165, 1.54) is 6.07 Å². The number of hydrogen-bond acceptors (Lipinski definition) is 5. The van der Waals surface area contributed by atoms with Crippen molar-refractivity contribution in [3.05, 3.63) is 32.8 Å². The van der Waals surface area contributed by atoms with Gasteiger partial charge in [0.25, 0.3) is 5.69 Å². The summed E-state index contributed by atoms with van der Waals surface area (Å²) in [6.07, 6.45) is 2.59. The molecule has 0 radical (unpaired) electrons. The Morgan fingerprint density at radius 3 is 2.79 bits per heavy atom. The Hall–Kier alpha value is -0.980. The topological polar surface area (TPSA) is 75.4 Å². The first-order chi connectivity index (χ1) is 8.99. The van der Waals surface area contributed by atoms with E-state index in [0.717, 1.165) is 5.75 Å². The molecule has 5 nitrogen and oxygen atoms in total. The molecule has 0 spiro atoms. The number of rotatable bonds is 7. The van der Waals surface area contributed by atoms with Crippen molar-refractivity contribution in [2.45, 2.75) is 19.4 Å². The molecular formula is C12H17ClN2O3S. The Bertz CT molecular complexity index is 451. The fourth-order valence-corrected chi connectivity index (χ4v) is 2.62. The van der Waals surface area contributed by atoms with Crippen molar-refractivity contribution >= 4 is 34.7 Å². The lowest BCUT2D eigenvalue weighted by molar-refractivity contribution is -0.385. The van der Waals surface area contributed by atoms with E-state index in [0.29, 0.717) is 22.7 Å². The second-order valence-corrected chi connectivity index (χ2v) is 5.50. The van der Waals surface area contributed by atoms with Gasteiger partial charge in [0.15, 0.2) is 0 Å². The first-order valence-electron chi connectivity index (χ1n) is 5.80. The van der Waals surface area contributed by atoms with Gasteiger partial charge in [0.1, 0.15) is 0 Å². The average Bonchev–Trinajstić information content (AvgIpc) is 2.33. The van der Waals surface area contributed by atoms with E-state index in [1.54, 1.807) is 24.8 Å². The maximum atomic E-state index is 10.8. The van der Waals surface area contributed by atoms with E-state index in [1.807, 2.05) is 6.26 Å². The zero-order chi connectivity index (χ0) is 14.4. The summed E-state index contributed by atoms with van der Waals surface area (Å²) < 4.78 is 0. The Morgan fingerprint density at radius 1 is 1.58 bits per heavy atom. The van der Waals surface area contributed by atoms with Crippen LogP contribution in [0.25, 0.3) is 0 Å². The molecule has 1 rings (SSSR count). The number of aliphatic hydroxyl groups is 1. The van der Waals surface area contributed by atoms with Gasteiger partial charge in [-0.2, -0.15) is 11.8 Å². The zero-order valence-electron chi connectivity index (χ0n) is 10.9. The fourth-order valence-electron chi connectivity index (χ4n) is 1.75. The minimum atomic E-state index is -0.446. The third kappa shape index (κ3) is 4.56. The van der Waals surface area contributed by atoms with Crippen molar-refractivity contribution in [3.8, 4) is 0 Å². The number of aliphatic hydroxyl groups excluding tert-OH is 1. The molecule has 1 aromatic rings. The van der Waals surface area contributed by atoms with Crippen LogP contribution in [0.15, 0.2) is 12.1 Å². The van der Waals surface area contributed by atoms with Crippen molar-refractivity contribution in [1.29, 1.82) is 0 Å². The molecule has 0 aliphatic rings. The highest BCUT2D eigenvalue weighted by Crippen LogP contribution is 2.31. The number of halogens is 1. The molecule has 0 saturated carbocycles. The minimum Gasteiger partial charge on any atom is -0.396 e. The number of nitro benzene ring substituents is 1. The summed E-state index contributed by atoms with van der Waals surface area (Å²) >= 11 is 7.72. The molecule has 1 unspecified atom stereocenters. The largest absolute Gasteiger partial charge is 0.396 e. The molecule has 0 amide bonds. The standard InChI is InChI=1S/C12H17ClN2O3S/c1-8-5-11(10(13)6-12(8)15(17)18)14-9(3-4-16)7-19-2/h5-6,9,14,16H,3-4,7H2,1-2H3. The van der Waals surface area contributed by atoms with Gasteiger partial charge in [-0.3, -0.25) is 10.1 Å². The fraction of sp³-hybridized carbons (Fsp3) is 0.500. The molecule has 0 heterocycles. The van der Waals surface area contributed by atoms with Crippen LogP contribution >= 0.6 is 23.4 Å². The van der Waals surface area contributed by atoms with Crippen LogP contribution < -0.4 is 5.32 Å². The predicted octanol–water partition coefficient (Wildman–Crippen LogP) is 3.08. The van der Waals surface area contributed by atoms with Crippen molar-refractivity contribution in [3.63, 3.8) is 0 Å². The number of nitrogens with zero attached hydrogens (tertiary/aromatic N) is 1. The molecule has 1 atom stereocenters. The Kier molecular flexibility index (Phi) is 6.41. The predicted molar refractivity (Wildman–Crippen MR) is 80.3 cm³/mol. The number of hydrogen-bond donors (Lipinski definition) is 2. The lowest BCUT2D eigenvalue weighted by atomic mass is 10.1. The summed E-state index contributed by atoms with van der Waals surface area (Å²) in [6, 6.07) is 3.11. The van der Waals surface area contributed by atoms with E-state index in [2.05, 4.69) is 5.32 Å². The maximum absolute atomic E-state index is 10.8. The summed E-state index contributed by atoms with van der Waals surface area (Å²) in [5.41, 5.74) is 1.24. The smallest absolute Gasteiger partial charge is 0.273 e. The van der Waals surface area contributed by atoms with E-state index in [-0.39, 0.29) is 18.3 Å². The molecule has 0 aromatic heterocycles. The third-order valence-electron chi connectivity index (χ3n) is 2.69. The molecule has 0 aliphatic heterocycles. The van der Waals surface area contributed by atoms with Gasteiger partial charge in [-0.05, 0) is 25.7 Å². The highest BCUT2D eigenvalue weighted by Gasteiger charge is 2.16. The normalized spacial score (nSPS) is 12.2. The first-order valence-corrected chi connectivity index (χ1v) is 7.57. The lowest BCUT2D eigenvalue weighted by Gasteiger charge is -2.19. The SMILES string of the molecule is CSCC(CCO)Nc1cc(C)c([N+](=O)[O-])cc1Cl. The molecule has 2 N–H and O–H groups in total. The summed E-state index contributed by atoms with van der Waals surface area (Å²) in [6.45, 7) is 1.76. The van der Waals surface area contributed by atoms with Crippen LogP contribution in [-0.2, 0) is 0 Å². The van der Waals surface area contributed by atoms with Gasteiger partial charge < -0.3 is 10.4 Å². The number of anilines is 1. The lowest BCUT2D eigenvalue weighted by Crippen LogP contribution is -2.23. The molecule has 106 valence electrons. The average molecular weight is 305 g/mol. The minimum absolute atomic E-state index is 0.0131. The van der Waals surface area contributed by atoms with Crippen molar-refractivity contribution in [1.82, 2.24) is 0 Å². The molecule has 0 saturated heterocycles. The molecule has 7 heteroatoms. The number of nitrogens with one attached hydrogen (secondary N) is 1. The molecule has 19 heavy (non-hydrogen) atoms. The number of thioether (sulfide) groups is 1. The van der Waals surface area contributed by atoms with Gasteiger partial charge in [-0.1, -0.05) is 11.6 Å². The van der Waals surface area contributed by atoms with Crippen LogP contribution in [0, 0.1) is 17.0 Å². The summed E-state index contributed by atoms with van der Waals surface area (Å²) in [5.74, 6) is 0.826. The van der Waals surface area contributed by atoms with E-state index >= 15 is 0 Å². The molecule has 0 fully saturated rings. The van der Waals surface area contributed by atoms with Gasteiger partial charge in [-0.25, -0.2) is 0 Å². The number of nitro groups is 1. The summed E-state index contributed by atoms with van der Waals surface area (Å²) in [4.78, 5) is 10.4. The van der Waals surface area contributed by atoms with Crippen LogP contribution in [0.5, 0.6) is 0 Å². The van der Waals surface area contributed by atoms with E-state index < -0.39 is 4.92 Å². The van der Waals surface area contributed by atoms with E-state index in [4.69, 9.17) is 16.7 Å². The van der Waals surface area contributed by atoms with Crippen LogP contribution in [0.2, 0.25) is 5.02 Å². The van der Waals surface area contributed by atoms with Crippen molar-refractivity contribution in [2.24, 2.45) is 0 Å². The monoisotopic (exact) mass is 304 g/mol. The van der Waals surface area contributed by atoms with E-state index in [9.17, 15) is 10.1 Å². The zero-order valence-corrected chi connectivity index (χ0v) is 12.4. The maximum Gasteiger partial charge on any atom is 0.273 e. The Labute approximate surface area is 121 Å². The van der Waals surface area contributed by atoms with Crippen LogP contribution in [0.3, 0.4) is 0 Å². The highest BCUT2D eigenvalue weighted by atomic mass is 35.5. The molecule has 0 aliphatic carbocycles. The third-order valence-corrected chi connectivity index (χ3v) is 3.74. The van der Waals surface area contributed by atoms with Crippen LogP contribution in [-0.4, -0.2) is 34.7 Å². The van der Waals surface area contributed by atoms with Gasteiger partial charge in [0.2, 0.25) is 0 Å². The number of aryl methyl sites for hydroxylation is 1. The Morgan fingerprint density at radius 2 is 2.26 bits per heavy atom.